The second-order valence-corrected chi connectivity index (χ2v) is 7.06. The molecule has 1 N–H and O–H groups in total. The van der Waals surface area contributed by atoms with E-state index in [9.17, 15) is 19.2 Å². The number of rotatable bonds is 9. The molecule has 1 aromatic heterocycles. The lowest BCUT2D eigenvalue weighted by molar-refractivity contribution is -0.148. The van der Waals surface area contributed by atoms with Crippen LogP contribution in [0, 0.1) is 0 Å². The Labute approximate surface area is 195 Å². The van der Waals surface area contributed by atoms with Crippen LogP contribution in [-0.2, 0) is 25.6 Å². The number of carbonyl (C=O) groups is 4. The molecule has 180 valence electrons. The van der Waals surface area contributed by atoms with Crippen LogP contribution in [0.5, 0.6) is 11.5 Å². The van der Waals surface area contributed by atoms with E-state index in [0.29, 0.717) is 23.7 Å². The summed E-state index contributed by atoms with van der Waals surface area (Å²) in [6.07, 6.45) is 0.636. The minimum Gasteiger partial charge on any atom is -0.490 e. The number of nitrogens with one attached hydrogen (secondary N) is 1. The first-order chi connectivity index (χ1) is 16.3. The Hall–Kier alpha value is -4.28. The molecule has 1 aliphatic heterocycles. The number of nitrogens with zero attached hydrogens (tertiary/aromatic N) is 1. The summed E-state index contributed by atoms with van der Waals surface area (Å²) in [6, 6.07) is 7.10. The van der Waals surface area contributed by atoms with Gasteiger partial charge in [-0.1, -0.05) is 6.07 Å². The summed E-state index contributed by atoms with van der Waals surface area (Å²) in [6.45, 7) is 3.51. The molecule has 3 amide bonds. The molecule has 0 aliphatic carbocycles. The SMILES string of the molecule is CCOc1cc(/C=C2\NC(=O)N(Cc3ccc(C(=O)OC)o3)C2=O)ccc1O[C@@H](C)C(=O)OC. The Morgan fingerprint density at radius 2 is 1.88 bits per heavy atom. The normalized spacial score (nSPS) is 15.2. The highest BCUT2D eigenvalue weighted by molar-refractivity contribution is 6.13. The predicted molar refractivity (Wildman–Crippen MR) is 117 cm³/mol. The highest BCUT2D eigenvalue weighted by Crippen LogP contribution is 2.31. The van der Waals surface area contributed by atoms with E-state index in [1.54, 1.807) is 32.0 Å². The summed E-state index contributed by atoms with van der Waals surface area (Å²) in [5.41, 5.74) is 0.599. The maximum atomic E-state index is 12.8. The van der Waals surface area contributed by atoms with Crippen LogP contribution in [0.4, 0.5) is 4.79 Å². The van der Waals surface area contributed by atoms with Crippen LogP contribution < -0.4 is 14.8 Å². The van der Waals surface area contributed by atoms with Gasteiger partial charge in [0.2, 0.25) is 5.76 Å². The number of hydrogen-bond acceptors (Lipinski definition) is 9. The van der Waals surface area contributed by atoms with Gasteiger partial charge in [0.05, 0.1) is 27.4 Å². The monoisotopic (exact) mass is 472 g/mol. The molecule has 0 saturated carbocycles. The quantitative estimate of drug-likeness (QED) is 0.332. The summed E-state index contributed by atoms with van der Waals surface area (Å²) < 4.78 is 25.8. The number of imide groups is 1. The second kappa shape index (κ2) is 10.6. The number of furan rings is 1. The van der Waals surface area contributed by atoms with Crippen LogP contribution in [0.3, 0.4) is 0 Å². The molecule has 11 nitrogen and oxygen atoms in total. The molecule has 1 aliphatic rings. The van der Waals surface area contributed by atoms with Gasteiger partial charge in [-0.15, -0.1) is 0 Å². The third-order valence-electron chi connectivity index (χ3n) is 4.74. The van der Waals surface area contributed by atoms with Gasteiger partial charge in [0, 0.05) is 0 Å². The van der Waals surface area contributed by atoms with Crippen LogP contribution in [-0.4, -0.2) is 55.7 Å². The van der Waals surface area contributed by atoms with Crippen LogP contribution in [0.15, 0.2) is 40.4 Å². The number of esters is 2. The fourth-order valence-electron chi connectivity index (χ4n) is 3.10. The van der Waals surface area contributed by atoms with Gasteiger partial charge in [0.1, 0.15) is 11.5 Å². The van der Waals surface area contributed by atoms with Gasteiger partial charge < -0.3 is 28.7 Å². The highest BCUT2D eigenvalue weighted by atomic mass is 16.6. The molecule has 34 heavy (non-hydrogen) atoms. The molecule has 1 atom stereocenters. The number of ether oxygens (including phenoxy) is 4. The lowest BCUT2D eigenvalue weighted by Crippen LogP contribution is -2.30. The summed E-state index contributed by atoms with van der Waals surface area (Å²) >= 11 is 0. The maximum absolute atomic E-state index is 12.8. The van der Waals surface area contributed by atoms with E-state index < -0.39 is 30.0 Å². The van der Waals surface area contributed by atoms with Crippen LogP contribution in [0.1, 0.15) is 35.7 Å². The standard InChI is InChI=1S/C23H24N2O9/c1-5-32-19-11-14(6-8-17(19)33-13(2)21(27)30-3)10-16-20(26)25(23(29)24-16)12-15-7-9-18(34-15)22(28)31-4/h6-11,13H,5,12H2,1-4H3,(H,24,29)/b16-10-/t13-/m0/s1. The van der Waals surface area contributed by atoms with Crippen molar-refractivity contribution >= 4 is 30.0 Å². The van der Waals surface area contributed by atoms with Gasteiger partial charge in [-0.05, 0) is 49.8 Å². The average molecular weight is 472 g/mol. The van der Waals surface area contributed by atoms with Crippen molar-refractivity contribution in [2.24, 2.45) is 0 Å². The van der Waals surface area contributed by atoms with Gasteiger partial charge in [-0.3, -0.25) is 9.69 Å². The van der Waals surface area contributed by atoms with E-state index in [4.69, 9.17) is 13.9 Å². The molecule has 0 radical (unpaired) electrons. The first-order valence-electron chi connectivity index (χ1n) is 10.3. The number of amides is 3. The third-order valence-corrected chi connectivity index (χ3v) is 4.74. The summed E-state index contributed by atoms with van der Waals surface area (Å²) in [5, 5.41) is 2.52. The van der Waals surface area contributed by atoms with Gasteiger partial charge in [-0.25, -0.2) is 14.4 Å². The van der Waals surface area contributed by atoms with Gasteiger partial charge in [-0.2, -0.15) is 0 Å². The Morgan fingerprint density at radius 3 is 2.56 bits per heavy atom. The molecule has 2 heterocycles. The number of benzene rings is 1. The zero-order chi connectivity index (χ0) is 24.8. The molecule has 3 rings (SSSR count). The molecular weight excluding hydrogens is 448 g/mol. The van der Waals surface area contributed by atoms with Crippen molar-refractivity contribution < 1.29 is 42.5 Å². The minimum atomic E-state index is -0.848. The molecule has 1 fully saturated rings. The molecule has 0 unspecified atom stereocenters. The Kier molecular flexibility index (Phi) is 7.57. The largest absolute Gasteiger partial charge is 0.490 e. The van der Waals surface area contributed by atoms with Crippen molar-refractivity contribution in [3.8, 4) is 11.5 Å². The molecule has 1 saturated heterocycles. The fraction of sp³-hybridized carbons (Fsp3) is 0.304. The summed E-state index contributed by atoms with van der Waals surface area (Å²) in [5.74, 6) is -0.890. The highest BCUT2D eigenvalue weighted by Gasteiger charge is 2.34. The van der Waals surface area contributed by atoms with Crippen molar-refractivity contribution in [2.75, 3.05) is 20.8 Å². The topological polar surface area (TPSA) is 134 Å². The van der Waals surface area contributed by atoms with E-state index in [0.717, 1.165) is 4.90 Å². The maximum Gasteiger partial charge on any atom is 0.373 e. The smallest absolute Gasteiger partial charge is 0.373 e. The van der Waals surface area contributed by atoms with E-state index in [2.05, 4.69) is 14.8 Å². The Morgan fingerprint density at radius 1 is 1.12 bits per heavy atom. The first kappa shape index (κ1) is 24.4. The van der Waals surface area contributed by atoms with Crippen molar-refractivity contribution in [3.05, 3.63) is 53.1 Å². The minimum absolute atomic E-state index is 0.0346. The van der Waals surface area contributed by atoms with Crippen molar-refractivity contribution in [1.29, 1.82) is 0 Å². The number of hydrogen-bond donors (Lipinski definition) is 1. The Balaban J connectivity index is 1.78. The van der Waals surface area contributed by atoms with Gasteiger partial charge in [0.15, 0.2) is 17.6 Å². The van der Waals surface area contributed by atoms with E-state index in [-0.39, 0.29) is 23.8 Å². The third kappa shape index (κ3) is 5.37. The van der Waals surface area contributed by atoms with Crippen LogP contribution in [0.25, 0.3) is 6.08 Å². The van der Waals surface area contributed by atoms with Gasteiger partial charge >= 0.3 is 18.0 Å². The molecule has 11 heteroatoms. The van der Waals surface area contributed by atoms with Crippen molar-refractivity contribution in [2.45, 2.75) is 26.5 Å². The predicted octanol–water partition coefficient (Wildman–Crippen LogP) is 2.50. The van der Waals surface area contributed by atoms with Crippen molar-refractivity contribution in [1.82, 2.24) is 10.2 Å². The summed E-state index contributed by atoms with van der Waals surface area (Å²) in [4.78, 5) is 49.3. The van der Waals surface area contributed by atoms with Gasteiger partial charge in [0.25, 0.3) is 5.91 Å². The van der Waals surface area contributed by atoms with Crippen LogP contribution in [0.2, 0.25) is 0 Å². The van der Waals surface area contributed by atoms with E-state index in [1.807, 2.05) is 0 Å². The molecular formula is C23H24N2O9. The number of methoxy groups -OCH3 is 2. The molecule has 1 aromatic carbocycles. The Bertz CT molecular complexity index is 1140. The van der Waals surface area contributed by atoms with E-state index in [1.165, 1.54) is 32.4 Å². The second-order valence-electron chi connectivity index (χ2n) is 7.06. The lowest BCUT2D eigenvalue weighted by atomic mass is 10.1. The average Bonchev–Trinajstić information content (AvgIpc) is 3.40. The van der Waals surface area contributed by atoms with E-state index >= 15 is 0 Å². The number of carbonyl (C=O) groups excluding carboxylic acids is 4. The number of urea groups is 1. The lowest BCUT2D eigenvalue weighted by Gasteiger charge is -2.16. The summed E-state index contributed by atoms with van der Waals surface area (Å²) in [7, 11) is 2.48. The zero-order valence-electron chi connectivity index (χ0n) is 19.1. The molecule has 2 aromatic rings. The molecule has 0 spiro atoms. The first-order valence-corrected chi connectivity index (χ1v) is 10.3. The fourth-order valence-corrected chi connectivity index (χ4v) is 3.10. The molecule has 0 bridgehead atoms. The van der Waals surface area contributed by atoms with Crippen molar-refractivity contribution in [3.63, 3.8) is 0 Å². The zero-order valence-corrected chi connectivity index (χ0v) is 19.1. The van der Waals surface area contributed by atoms with Crippen LogP contribution >= 0.6 is 0 Å².